The van der Waals surface area contributed by atoms with Gasteiger partial charge in [-0.1, -0.05) is 12.1 Å². The van der Waals surface area contributed by atoms with Gasteiger partial charge >= 0.3 is 0 Å². The van der Waals surface area contributed by atoms with Gasteiger partial charge in [-0.3, -0.25) is 4.79 Å². The molecule has 0 saturated carbocycles. The van der Waals surface area contributed by atoms with Crippen LogP contribution in [0.5, 0.6) is 0 Å². The van der Waals surface area contributed by atoms with Crippen molar-refractivity contribution in [2.24, 2.45) is 0 Å². The van der Waals surface area contributed by atoms with Crippen molar-refractivity contribution in [3.05, 3.63) is 65.7 Å². The zero-order valence-corrected chi connectivity index (χ0v) is 17.6. The number of benzene rings is 2. The second-order valence-corrected chi connectivity index (χ2v) is 8.36. The molecule has 0 spiro atoms. The fourth-order valence-corrected chi connectivity index (χ4v) is 4.77. The van der Waals surface area contributed by atoms with E-state index in [-0.39, 0.29) is 17.8 Å². The predicted molar refractivity (Wildman–Crippen MR) is 118 cm³/mol. The molecule has 2 aliphatic rings. The zero-order chi connectivity index (χ0) is 21.2. The van der Waals surface area contributed by atoms with Gasteiger partial charge in [-0.2, -0.15) is 0 Å². The maximum absolute atomic E-state index is 13.7. The second-order valence-electron chi connectivity index (χ2n) is 8.36. The number of para-hydroxylation sites is 1. The summed E-state index contributed by atoms with van der Waals surface area (Å²) in [7, 11) is 0. The maximum Gasteiger partial charge on any atom is 0.256 e. The van der Waals surface area contributed by atoms with E-state index < -0.39 is 0 Å². The van der Waals surface area contributed by atoms with Gasteiger partial charge in [0.2, 0.25) is 0 Å². The lowest BCUT2D eigenvalue weighted by Gasteiger charge is -2.37. The summed E-state index contributed by atoms with van der Waals surface area (Å²) in [4.78, 5) is 17.9. The van der Waals surface area contributed by atoms with Crippen LogP contribution in [0.4, 0.5) is 10.1 Å². The number of morpholine rings is 1. The van der Waals surface area contributed by atoms with E-state index in [0.717, 1.165) is 61.3 Å². The predicted octanol–water partition coefficient (Wildman–Crippen LogP) is 4.65. The number of piperidine rings is 1. The molecule has 0 aliphatic carbocycles. The fourth-order valence-electron chi connectivity index (χ4n) is 4.77. The van der Waals surface area contributed by atoms with Gasteiger partial charge < -0.3 is 19.0 Å². The minimum Gasteiger partial charge on any atom is -0.461 e. The van der Waals surface area contributed by atoms with Crippen molar-refractivity contribution in [2.45, 2.75) is 31.7 Å². The Labute approximate surface area is 181 Å². The van der Waals surface area contributed by atoms with Crippen LogP contribution in [0.2, 0.25) is 0 Å². The van der Waals surface area contributed by atoms with Crippen LogP contribution in [0.3, 0.4) is 0 Å². The molecular weight excluding hydrogens is 395 g/mol. The number of hydrogen-bond acceptors (Lipinski definition) is 4. The molecule has 1 amide bonds. The number of carbonyl (C=O) groups excluding carboxylic acids is 1. The van der Waals surface area contributed by atoms with Gasteiger partial charge in [0, 0.05) is 43.2 Å². The van der Waals surface area contributed by atoms with Crippen LogP contribution in [-0.2, 0) is 11.2 Å². The number of hydrogen-bond donors (Lipinski definition) is 0. The third-order valence-corrected chi connectivity index (χ3v) is 6.34. The zero-order valence-electron chi connectivity index (χ0n) is 17.6. The van der Waals surface area contributed by atoms with E-state index >= 15 is 0 Å². The molecule has 1 atom stereocenters. The normalized spacial score (nSPS) is 19.7. The highest BCUT2D eigenvalue weighted by molar-refractivity contribution is 6.00. The highest BCUT2D eigenvalue weighted by Gasteiger charge is 2.30. The molecule has 5 rings (SSSR count). The molecule has 2 aliphatic heterocycles. The number of amides is 1. The Morgan fingerprint density at radius 3 is 2.74 bits per heavy atom. The van der Waals surface area contributed by atoms with E-state index in [1.807, 2.05) is 35.2 Å². The highest BCUT2D eigenvalue weighted by atomic mass is 19.1. The highest BCUT2D eigenvalue weighted by Crippen LogP contribution is 2.29. The van der Waals surface area contributed by atoms with Crippen LogP contribution >= 0.6 is 0 Å². The Balaban J connectivity index is 1.39. The van der Waals surface area contributed by atoms with Crippen molar-refractivity contribution in [3.63, 3.8) is 0 Å². The first-order valence-corrected chi connectivity index (χ1v) is 11.1. The Bertz CT molecular complexity index is 1070. The number of likely N-dealkylation sites (tertiary alicyclic amines) is 1. The molecule has 2 fully saturated rings. The van der Waals surface area contributed by atoms with Crippen LogP contribution in [-0.4, -0.2) is 49.7 Å². The largest absolute Gasteiger partial charge is 0.461 e. The summed E-state index contributed by atoms with van der Waals surface area (Å²) in [6, 6.07) is 14.4. The van der Waals surface area contributed by atoms with Crippen molar-refractivity contribution >= 4 is 22.6 Å². The Hall–Kier alpha value is -2.86. The van der Waals surface area contributed by atoms with Crippen molar-refractivity contribution in [1.29, 1.82) is 0 Å². The lowest BCUT2D eigenvalue weighted by molar-refractivity contribution is 0.0607. The number of anilines is 1. The smallest absolute Gasteiger partial charge is 0.256 e. The summed E-state index contributed by atoms with van der Waals surface area (Å²) in [6.07, 6.45) is 3.68. The number of furan rings is 1. The summed E-state index contributed by atoms with van der Waals surface area (Å²) in [5.74, 6) is 0.606. The third-order valence-electron chi connectivity index (χ3n) is 6.34. The molecule has 3 aromatic rings. The number of carbonyl (C=O) groups is 1. The lowest BCUT2D eigenvalue weighted by Crippen LogP contribution is -2.45. The quantitative estimate of drug-likeness (QED) is 0.614. The minimum absolute atomic E-state index is 0.0735. The van der Waals surface area contributed by atoms with Gasteiger partial charge in [-0.25, -0.2) is 4.39 Å². The molecule has 5 nitrogen and oxygen atoms in total. The first-order valence-electron chi connectivity index (χ1n) is 11.1. The summed E-state index contributed by atoms with van der Waals surface area (Å²) in [5.41, 5.74) is 2.42. The van der Waals surface area contributed by atoms with Crippen molar-refractivity contribution in [1.82, 2.24) is 4.90 Å². The topological polar surface area (TPSA) is 45.9 Å². The average molecular weight is 423 g/mol. The Morgan fingerprint density at radius 1 is 1.03 bits per heavy atom. The van der Waals surface area contributed by atoms with E-state index in [4.69, 9.17) is 9.15 Å². The summed E-state index contributed by atoms with van der Waals surface area (Å²) in [5, 5.41) is 0.765. The van der Waals surface area contributed by atoms with Crippen LogP contribution in [0.15, 0.2) is 52.9 Å². The number of nitrogens with zero attached hydrogens (tertiary/aromatic N) is 2. The van der Waals surface area contributed by atoms with E-state index in [0.29, 0.717) is 25.2 Å². The number of rotatable bonds is 4. The van der Waals surface area contributed by atoms with Crippen LogP contribution in [0.25, 0.3) is 11.0 Å². The van der Waals surface area contributed by atoms with Gasteiger partial charge in [0.1, 0.15) is 17.2 Å². The molecule has 3 heterocycles. The fraction of sp³-hybridized carbons (Fsp3) is 0.400. The van der Waals surface area contributed by atoms with E-state index in [2.05, 4.69) is 4.90 Å². The van der Waals surface area contributed by atoms with Crippen LogP contribution < -0.4 is 4.90 Å². The molecule has 1 unspecified atom stereocenters. The van der Waals surface area contributed by atoms with Crippen molar-refractivity contribution in [2.75, 3.05) is 37.7 Å². The first-order chi connectivity index (χ1) is 15.2. The Kier molecular flexibility index (Phi) is 5.64. The average Bonchev–Trinajstić information content (AvgIpc) is 3.21. The van der Waals surface area contributed by atoms with Crippen molar-refractivity contribution < 1.29 is 18.3 Å². The molecular formula is C25H27FN2O3. The van der Waals surface area contributed by atoms with Gasteiger partial charge in [-0.15, -0.1) is 0 Å². The second kappa shape index (κ2) is 8.71. The first kappa shape index (κ1) is 20.1. The molecule has 1 aromatic heterocycles. The summed E-state index contributed by atoms with van der Waals surface area (Å²) in [6.45, 7) is 3.70. The van der Waals surface area contributed by atoms with Crippen LogP contribution in [0.1, 0.15) is 35.4 Å². The molecule has 162 valence electrons. The van der Waals surface area contributed by atoms with E-state index in [1.165, 1.54) is 12.1 Å². The van der Waals surface area contributed by atoms with E-state index in [9.17, 15) is 9.18 Å². The lowest BCUT2D eigenvalue weighted by atomic mass is 9.96. The number of fused-ring (bicyclic) bond motifs is 1. The monoisotopic (exact) mass is 422 g/mol. The van der Waals surface area contributed by atoms with Gasteiger partial charge in [-0.05, 0) is 55.7 Å². The molecule has 0 radical (unpaired) electrons. The SMILES string of the molecule is O=C(c1ccccc1N1CCOCC1)N1CCCCC1Cc1cc2cc(F)ccc2o1. The maximum atomic E-state index is 13.7. The minimum atomic E-state index is -0.269. The number of halogens is 1. The Morgan fingerprint density at radius 2 is 1.87 bits per heavy atom. The molecule has 2 saturated heterocycles. The standard InChI is InChI=1S/C25H27FN2O3/c26-19-8-9-24-18(15-19)16-21(31-24)17-20-5-3-4-10-28(20)25(29)22-6-1-2-7-23(22)27-11-13-30-14-12-27/h1-2,6-9,15-16,20H,3-5,10-14,17H2. The third kappa shape index (κ3) is 4.17. The molecule has 2 aromatic carbocycles. The van der Waals surface area contributed by atoms with E-state index in [1.54, 1.807) is 6.07 Å². The molecule has 0 bridgehead atoms. The number of ether oxygens (including phenoxy) is 1. The molecule has 31 heavy (non-hydrogen) atoms. The summed E-state index contributed by atoms with van der Waals surface area (Å²) < 4.78 is 25.0. The van der Waals surface area contributed by atoms with Crippen molar-refractivity contribution in [3.8, 4) is 0 Å². The van der Waals surface area contributed by atoms with Gasteiger partial charge in [0.05, 0.1) is 18.8 Å². The van der Waals surface area contributed by atoms with Gasteiger partial charge in [0.25, 0.3) is 5.91 Å². The summed E-state index contributed by atoms with van der Waals surface area (Å²) >= 11 is 0. The van der Waals surface area contributed by atoms with Gasteiger partial charge in [0.15, 0.2) is 0 Å². The molecule has 0 N–H and O–H groups in total. The van der Waals surface area contributed by atoms with Crippen LogP contribution in [0, 0.1) is 5.82 Å². The molecule has 6 heteroatoms.